The smallest absolute Gasteiger partial charge is 0.238 e. The maximum Gasteiger partial charge on any atom is 0.238 e. The molecule has 0 saturated carbocycles. The SMILES string of the molecule is CCc1ccc(NC(=O)CN2CCNCC2(C)C)cc1. The molecule has 0 aromatic heterocycles. The van der Waals surface area contributed by atoms with Crippen LogP contribution in [0.2, 0.25) is 0 Å². The molecule has 1 aliphatic heterocycles. The lowest BCUT2D eigenvalue weighted by Gasteiger charge is -2.42. The molecule has 1 aromatic carbocycles. The molecule has 1 aromatic rings. The first-order valence-corrected chi connectivity index (χ1v) is 7.36. The highest BCUT2D eigenvalue weighted by Crippen LogP contribution is 2.16. The molecule has 1 heterocycles. The van der Waals surface area contributed by atoms with Gasteiger partial charge in [-0.2, -0.15) is 0 Å². The number of carbonyl (C=O) groups excluding carboxylic acids is 1. The molecule has 0 spiro atoms. The van der Waals surface area contributed by atoms with Crippen LogP contribution in [-0.2, 0) is 11.2 Å². The average molecular weight is 275 g/mol. The van der Waals surface area contributed by atoms with Gasteiger partial charge >= 0.3 is 0 Å². The molecule has 2 rings (SSSR count). The molecule has 110 valence electrons. The molecule has 0 aliphatic carbocycles. The van der Waals surface area contributed by atoms with E-state index in [1.54, 1.807) is 0 Å². The van der Waals surface area contributed by atoms with Gasteiger partial charge in [-0.1, -0.05) is 19.1 Å². The van der Waals surface area contributed by atoms with Crippen molar-refractivity contribution in [3.63, 3.8) is 0 Å². The first-order valence-electron chi connectivity index (χ1n) is 7.36. The van der Waals surface area contributed by atoms with Gasteiger partial charge < -0.3 is 10.6 Å². The standard InChI is InChI=1S/C16H25N3O/c1-4-13-5-7-14(8-6-13)18-15(20)11-19-10-9-17-12-16(19,2)3/h5-8,17H,4,9-12H2,1-3H3,(H,18,20). The zero-order valence-electron chi connectivity index (χ0n) is 12.7. The van der Waals surface area contributed by atoms with E-state index in [1.165, 1.54) is 5.56 Å². The van der Waals surface area contributed by atoms with Gasteiger partial charge in [0.15, 0.2) is 0 Å². The van der Waals surface area contributed by atoms with E-state index in [-0.39, 0.29) is 11.4 Å². The Morgan fingerprint density at radius 2 is 2.05 bits per heavy atom. The average Bonchev–Trinajstić information content (AvgIpc) is 2.42. The Kier molecular flexibility index (Phi) is 4.78. The minimum absolute atomic E-state index is 0.0294. The number of amides is 1. The lowest BCUT2D eigenvalue weighted by molar-refractivity contribution is -0.119. The number of anilines is 1. The molecule has 1 saturated heterocycles. The zero-order chi connectivity index (χ0) is 14.6. The van der Waals surface area contributed by atoms with Crippen LogP contribution in [0.1, 0.15) is 26.3 Å². The van der Waals surface area contributed by atoms with Crippen molar-refractivity contribution < 1.29 is 4.79 Å². The summed E-state index contributed by atoms with van der Waals surface area (Å²) in [5, 5.41) is 6.34. The third-order valence-corrected chi connectivity index (χ3v) is 3.95. The second kappa shape index (κ2) is 6.37. The van der Waals surface area contributed by atoms with Gasteiger partial charge in [0.2, 0.25) is 5.91 Å². The molecule has 0 radical (unpaired) electrons. The Morgan fingerprint density at radius 3 is 2.65 bits per heavy atom. The van der Waals surface area contributed by atoms with Gasteiger partial charge in [0.1, 0.15) is 0 Å². The first kappa shape index (κ1) is 15.0. The van der Waals surface area contributed by atoms with Crippen LogP contribution >= 0.6 is 0 Å². The third kappa shape index (κ3) is 3.81. The highest BCUT2D eigenvalue weighted by Gasteiger charge is 2.30. The lowest BCUT2D eigenvalue weighted by Crippen LogP contribution is -2.59. The molecular weight excluding hydrogens is 250 g/mol. The van der Waals surface area contributed by atoms with E-state index in [2.05, 4.69) is 48.4 Å². The number of carbonyl (C=O) groups is 1. The van der Waals surface area contributed by atoms with Crippen molar-refractivity contribution in [3.05, 3.63) is 29.8 Å². The Bertz CT molecular complexity index is 453. The summed E-state index contributed by atoms with van der Waals surface area (Å²) in [5.74, 6) is 0.0595. The Hall–Kier alpha value is -1.39. The van der Waals surface area contributed by atoms with Gasteiger partial charge in [-0.05, 0) is 38.0 Å². The van der Waals surface area contributed by atoms with Crippen LogP contribution in [0.25, 0.3) is 0 Å². The minimum atomic E-state index is 0.0294. The third-order valence-electron chi connectivity index (χ3n) is 3.95. The molecule has 1 amide bonds. The summed E-state index contributed by atoms with van der Waals surface area (Å²) in [7, 11) is 0. The van der Waals surface area contributed by atoms with Crippen molar-refractivity contribution in [2.75, 3.05) is 31.5 Å². The molecule has 4 heteroatoms. The summed E-state index contributed by atoms with van der Waals surface area (Å²) >= 11 is 0. The van der Waals surface area contributed by atoms with Crippen LogP contribution in [-0.4, -0.2) is 42.5 Å². The molecule has 4 nitrogen and oxygen atoms in total. The van der Waals surface area contributed by atoms with Gasteiger partial charge in [0, 0.05) is 30.9 Å². The van der Waals surface area contributed by atoms with Gasteiger partial charge in [-0.3, -0.25) is 9.69 Å². The summed E-state index contributed by atoms with van der Waals surface area (Å²) in [6.07, 6.45) is 1.02. The van der Waals surface area contributed by atoms with E-state index in [4.69, 9.17) is 0 Å². The van der Waals surface area contributed by atoms with Gasteiger partial charge in [-0.25, -0.2) is 0 Å². The van der Waals surface area contributed by atoms with Crippen LogP contribution in [0.3, 0.4) is 0 Å². The first-order chi connectivity index (χ1) is 9.51. The fourth-order valence-electron chi connectivity index (χ4n) is 2.51. The van der Waals surface area contributed by atoms with Crippen molar-refractivity contribution >= 4 is 11.6 Å². The Labute approximate surface area is 121 Å². The van der Waals surface area contributed by atoms with Crippen LogP contribution in [0.4, 0.5) is 5.69 Å². The van der Waals surface area contributed by atoms with Crippen molar-refractivity contribution in [3.8, 4) is 0 Å². The fraction of sp³-hybridized carbons (Fsp3) is 0.562. The predicted octanol–water partition coefficient (Wildman–Crippen LogP) is 1.87. The molecule has 0 unspecified atom stereocenters. The van der Waals surface area contributed by atoms with E-state index in [0.29, 0.717) is 6.54 Å². The number of benzene rings is 1. The van der Waals surface area contributed by atoms with Crippen molar-refractivity contribution in [1.82, 2.24) is 10.2 Å². The molecule has 1 fully saturated rings. The van der Waals surface area contributed by atoms with E-state index in [1.807, 2.05) is 12.1 Å². The zero-order valence-corrected chi connectivity index (χ0v) is 12.7. The van der Waals surface area contributed by atoms with Crippen LogP contribution in [0, 0.1) is 0 Å². The summed E-state index contributed by atoms with van der Waals surface area (Å²) in [5.41, 5.74) is 2.19. The maximum atomic E-state index is 12.1. The molecule has 2 N–H and O–H groups in total. The summed E-state index contributed by atoms with van der Waals surface area (Å²) in [4.78, 5) is 14.4. The number of rotatable bonds is 4. The number of piperazine rings is 1. The highest BCUT2D eigenvalue weighted by atomic mass is 16.2. The Morgan fingerprint density at radius 1 is 1.35 bits per heavy atom. The number of hydrogen-bond donors (Lipinski definition) is 2. The van der Waals surface area contributed by atoms with E-state index < -0.39 is 0 Å². The molecule has 0 bridgehead atoms. The maximum absolute atomic E-state index is 12.1. The van der Waals surface area contributed by atoms with Gasteiger partial charge in [0.25, 0.3) is 0 Å². The number of nitrogens with zero attached hydrogens (tertiary/aromatic N) is 1. The Balaban J connectivity index is 1.91. The topological polar surface area (TPSA) is 44.4 Å². The molecular formula is C16H25N3O. The quantitative estimate of drug-likeness (QED) is 0.882. The largest absolute Gasteiger partial charge is 0.325 e. The minimum Gasteiger partial charge on any atom is -0.325 e. The van der Waals surface area contributed by atoms with E-state index in [9.17, 15) is 4.79 Å². The van der Waals surface area contributed by atoms with Gasteiger partial charge in [0.05, 0.1) is 6.54 Å². The molecule has 0 atom stereocenters. The second-order valence-electron chi connectivity index (χ2n) is 6.01. The monoisotopic (exact) mass is 275 g/mol. The molecule has 1 aliphatic rings. The van der Waals surface area contributed by atoms with E-state index >= 15 is 0 Å². The second-order valence-corrected chi connectivity index (χ2v) is 6.01. The fourth-order valence-corrected chi connectivity index (χ4v) is 2.51. The summed E-state index contributed by atoms with van der Waals surface area (Å²) in [6, 6.07) is 8.06. The van der Waals surface area contributed by atoms with Crippen LogP contribution in [0.15, 0.2) is 24.3 Å². The number of nitrogens with one attached hydrogen (secondary N) is 2. The lowest BCUT2D eigenvalue weighted by atomic mass is 10.0. The summed E-state index contributed by atoms with van der Waals surface area (Å²) in [6.45, 7) is 9.69. The molecule has 20 heavy (non-hydrogen) atoms. The number of hydrogen-bond acceptors (Lipinski definition) is 3. The van der Waals surface area contributed by atoms with Crippen molar-refractivity contribution in [2.24, 2.45) is 0 Å². The normalized spacial score (nSPS) is 18.8. The predicted molar refractivity (Wildman–Crippen MR) is 83.0 cm³/mol. The van der Waals surface area contributed by atoms with E-state index in [0.717, 1.165) is 31.7 Å². The number of aryl methyl sites for hydroxylation is 1. The van der Waals surface area contributed by atoms with Crippen molar-refractivity contribution in [1.29, 1.82) is 0 Å². The highest BCUT2D eigenvalue weighted by molar-refractivity contribution is 5.92. The van der Waals surface area contributed by atoms with Crippen LogP contribution < -0.4 is 10.6 Å². The van der Waals surface area contributed by atoms with Crippen molar-refractivity contribution in [2.45, 2.75) is 32.7 Å². The van der Waals surface area contributed by atoms with Crippen LogP contribution in [0.5, 0.6) is 0 Å². The summed E-state index contributed by atoms with van der Waals surface area (Å²) < 4.78 is 0. The van der Waals surface area contributed by atoms with Gasteiger partial charge in [-0.15, -0.1) is 0 Å².